The Morgan fingerprint density at radius 3 is 2.12 bits per heavy atom. The monoisotopic (exact) mass is 240 g/mol. The molecule has 5 heteroatoms. The maximum atomic E-state index is 11.8. The molecule has 1 unspecified atom stereocenters. The van der Waals surface area contributed by atoms with Crippen molar-refractivity contribution in [2.45, 2.75) is 19.4 Å². The summed E-state index contributed by atoms with van der Waals surface area (Å²) in [7, 11) is 2.75. The van der Waals surface area contributed by atoms with Gasteiger partial charge in [0, 0.05) is 5.56 Å². The summed E-state index contributed by atoms with van der Waals surface area (Å²) in [6.45, 7) is 1.71. The smallest absolute Gasteiger partial charge is 0.200 e. The number of aliphatic hydroxyl groups is 1. The topological polar surface area (TPSA) is 76.0 Å². The highest BCUT2D eigenvalue weighted by Gasteiger charge is 2.19. The lowest BCUT2D eigenvalue weighted by Crippen LogP contribution is -2.19. The molecule has 94 valence electrons. The van der Waals surface area contributed by atoms with Crippen molar-refractivity contribution >= 4 is 5.78 Å². The third-order valence-corrected chi connectivity index (χ3v) is 2.45. The number of benzene rings is 1. The van der Waals surface area contributed by atoms with Crippen molar-refractivity contribution in [2.24, 2.45) is 0 Å². The Labute approximate surface area is 99.6 Å². The molecule has 17 heavy (non-hydrogen) atoms. The molecule has 0 heterocycles. The van der Waals surface area contributed by atoms with Crippen molar-refractivity contribution < 1.29 is 24.5 Å². The molecule has 1 aromatic carbocycles. The van der Waals surface area contributed by atoms with E-state index in [1.54, 1.807) is 6.92 Å². The second-order valence-corrected chi connectivity index (χ2v) is 3.52. The van der Waals surface area contributed by atoms with Crippen molar-refractivity contribution in [3.05, 3.63) is 17.7 Å². The molecule has 1 aromatic rings. The quantitative estimate of drug-likeness (QED) is 0.760. The lowest BCUT2D eigenvalue weighted by molar-refractivity contribution is 0.0740. The zero-order valence-corrected chi connectivity index (χ0v) is 10.1. The molecule has 0 aliphatic rings. The van der Waals surface area contributed by atoms with E-state index in [1.807, 2.05) is 0 Å². The summed E-state index contributed by atoms with van der Waals surface area (Å²) >= 11 is 0. The first kappa shape index (κ1) is 13.3. The predicted octanol–water partition coefficient (Wildman–Crippen LogP) is 1.36. The van der Waals surface area contributed by atoms with Crippen molar-refractivity contribution in [3.63, 3.8) is 0 Å². The van der Waals surface area contributed by atoms with E-state index in [-0.39, 0.29) is 22.8 Å². The zero-order chi connectivity index (χ0) is 13.0. The van der Waals surface area contributed by atoms with Gasteiger partial charge in [-0.2, -0.15) is 0 Å². The number of ketones is 1. The molecule has 0 fully saturated rings. The molecular weight excluding hydrogens is 224 g/mol. The van der Waals surface area contributed by atoms with E-state index >= 15 is 0 Å². The Morgan fingerprint density at radius 1 is 1.29 bits per heavy atom. The minimum absolute atomic E-state index is 0.135. The number of rotatable bonds is 5. The first-order valence-electron chi connectivity index (χ1n) is 5.22. The summed E-state index contributed by atoms with van der Waals surface area (Å²) < 4.78 is 9.86. The maximum Gasteiger partial charge on any atom is 0.200 e. The van der Waals surface area contributed by atoms with Crippen LogP contribution in [0.2, 0.25) is 0 Å². The van der Waals surface area contributed by atoms with Gasteiger partial charge in [-0.25, -0.2) is 0 Å². The lowest BCUT2D eigenvalue weighted by atomic mass is 10.0. The number of aliphatic hydroxyl groups excluding tert-OH is 1. The van der Waals surface area contributed by atoms with Gasteiger partial charge in [0.05, 0.1) is 14.2 Å². The number of hydrogen-bond donors (Lipinski definition) is 2. The second kappa shape index (κ2) is 5.54. The Morgan fingerprint density at radius 2 is 1.76 bits per heavy atom. The summed E-state index contributed by atoms with van der Waals surface area (Å²) in [5, 5.41) is 19.1. The van der Waals surface area contributed by atoms with Crippen LogP contribution in [0.25, 0.3) is 0 Å². The second-order valence-electron chi connectivity index (χ2n) is 3.52. The summed E-state index contributed by atoms with van der Waals surface area (Å²) in [5.41, 5.74) is 0.242. The van der Waals surface area contributed by atoms with Crippen LogP contribution in [0.4, 0.5) is 0 Å². The first-order valence-corrected chi connectivity index (χ1v) is 5.22. The highest BCUT2D eigenvalue weighted by Crippen LogP contribution is 2.37. The third kappa shape index (κ3) is 2.68. The van der Waals surface area contributed by atoms with E-state index in [1.165, 1.54) is 26.4 Å². The fourth-order valence-electron chi connectivity index (χ4n) is 1.41. The number of carbonyl (C=O) groups excluding carboxylic acids is 1. The summed E-state index contributed by atoms with van der Waals surface area (Å²) in [6, 6.07) is 2.75. The Balaban J connectivity index is 3.22. The largest absolute Gasteiger partial charge is 0.502 e. The van der Waals surface area contributed by atoms with E-state index in [0.29, 0.717) is 6.42 Å². The van der Waals surface area contributed by atoms with Gasteiger partial charge in [-0.1, -0.05) is 6.92 Å². The van der Waals surface area contributed by atoms with Gasteiger partial charge in [-0.3, -0.25) is 4.79 Å². The number of phenols is 1. The molecular formula is C12H16O5. The van der Waals surface area contributed by atoms with Crippen LogP contribution in [0.3, 0.4) is 0 Å². The van der Waals surface area contributed by atoms with Gasteiger partial charge >= 0.3 is 0 Å². The van der Waals surface area contributed by atoms with Gasteiger partial charge in [0.15, 0.2) is 17.3 Å². The number of aromatic hydroxyl groups is 1. The fourth-order valence-corrected chi connectivity index (χ4v) is 1.41. The number of hydrogen-bond acceptors (Lipinski definition) is 5. The van der Waals surface area contributed by atoms with Gasteiger partial charge in [-0.05, 0) is 18.6 Å². The van der Waals surface area contributed by atoms with E-state index in [2.05, 4.69) is 0 Å². The number of methoxy groups -OCH3 is 2. The van der Waals surface area contributed by atoms with Crippen LogP contribution >= 0.6 is 0 Å². The van der Waals surface area contributed by atoms with Crippen molar-refractivity contribution in [3.8, 4) is 17.2 Å². The molecule has 0 saturated heterocycles. The van der Waals surface area contributed by atoms with E-state index in [4.69, 9.17) is 9.47 Å². The third-order valence-electron chi connectivity index (χ3n) is 2.45. The predicted molar refractivity (Wildman–Crippen MR) is 61.8 cm³/mol. The molecule has 2 N–H and O–H groups in total. The van der Waals surface area contributed by atoms with Crippen molar-refractivity contribution in [1.82, 2.24) is 0 Å². The van der Waals surface area contributed by atoms with E-state index < -0.39 is 11.9 Å². The number of carbonyl (C=O) groups is 1. The van der Waals surface area contributed by atoms with Crippen LogP contribution in [-0.4, -0.2) is 36.3 Å². The summed E-state index contributed by atoms with van der Waals surface area (Å²) in [5.74, 6) is -0.325. The highest BCUT2D eigenvalue weighted by atomic mass is 16.5. The minimum atomic E-state index is -1.06. The average molecular weight is 240 g/mol. The van der Waals surface area contributed by atoms with Gasteiger partial charge in [0.1, 0.15) is 6.10 Å². The van der Waals surface area contributed by atoms with Crippen LogP contribution in [0.5, 0.6) is 17.2 Å². The van der Waals surface area contributed by atoms with Crippen LogP contribution < -0.4 is 9.47 Å². The van der Waals surface area contributed by atoms with Crippen LogP contribution in [0, 0.1) is 0 Å². The van der Waals surface area contributed by atoms with Gasteiger partial charge in [-0.15, -0.1) is 0 Å². The van der Waals surface area contributed by atoms with Crippen LogP contribution in [0.15, 0.2) is 12.1 Å². The van der Waals surface area contributed by atoms with Crippen LogP contribution in [-0.2, 0) is 0 Å². The molecule has 0 aliphatic heterocycles. The maximum absolute atomic E-state index is 11.8. The molecule has 1 rings (SSSR count). The molecule has 0 bridgehead atoms. The fraction of sp³-hybridized carbons (Fsp3) is 0.417. The standard InChI is InChI=1S/C12H16O5/c1-4-8(13)11(14)7-5-9(16-2)12(15)10(6-7)17-3/h5-6,8,13,15H,4H2,1-3H3. The van der Waals surface area contributed by atoms with Gasteiger partial charge < -0.3 is 19.7 Å². The lowest BCUT2D eigenvalue weighted by Gasteiger charge is -2.12. The van der Waals surface area contributed by atoms with Crippen molar-refractivity contribution in [1.29, 1.82) is 0 Å². The Bertz CT molecular complexity index is 388. The Hall–Kier alpha value is -1.75. The molecule has 0 amide bonds. The highest BCUT2D eigenvalue weighted by molar-refractivity contribution is 6.00. The molecule has 0 saturated carbocycles. The SMILES string of the molecule is CCC(O)C(=O)c1cc(OC)c(O)c(OC)c1. The zero-order valence-electron chi connectivity index (χ0n) is 10.1. The first-order chi connectivity index (χ1) is 8.04. The minimum Gasteiger partial charge on any atom is -0.502 e. The summed E-state index contributed by atoms with van der Waals surface area (Å²) in [6.07, 6.45) is -0.737. The molecule has 0 aliphatic carbocycles. The van der Waals surface area contributed by atoms with Gasteiger partial charge in [0.25, 0.3) is 0 Å². The average Bonchev–Trinajstić information content (AvgIpc) is 2.37. The molecule has 1 atom stereocenters. The van der Waals surface area contributed by atoms with Crippen molar-refractivity contribution in [2.75, 3.05) is 14.2 Å². The Kier molecular flexibility index (Phi) is 4.34. The van der Waals surface area contributed by atoms with Crippen LogP contribution in [0.1, 0.15) is 23.7 Å². The van der Waals surface area contributed by atoms with E-state index in [0.717, 1.165) is 0 Å². The van der Waals surface area contributed by atoms with Gasteiger partial charge in [0.2, 0.25) is 5.75 Å². The number of ether oxygens (including phenoxy) is 2. The number of phenolic OH excluding ortho intramolecular Hbond substituents is 1. The molecule has 0 aromatic heterocycles. The number of Topliss-reactive ketones (excluding diaryl/α,β-unsaturated/α-hetero) is 1. The molecule has 0 spiro atoms. The molecule has 0 radical (unpaired) electrons. The van der Waals surface area contributed by atoms with E-state index in [9.17, 15) is 15.0 Å². The summed E-state index contributed by atoms with van der Waals surface area (Å²) in [4.78, 5) is 11.8. The molecule has 5 nitrogen and oxygen atoms in total. The normalized spacial score (nSPS) is 12.0.